The second-order valence-electron chi connectivity index (χ2n) is 5.07. The summed E-state index contributed by atoms with van der Waals surface area (Å²) < 4.78 is 11.8. The van der Waals surface area contributed by atoms with Gasteiger partial charge >= 0.3 is 7.12 Å². The van der Waals surface area contributed by atoms with Crippen molar-refractivity contribution in [3.05, 3.63) is 12.4 Å². The Balaban J connectivity index is 2.25. The van der Waals surface area contributed by atoms with Gasteiger partial charge in [-0.2, -0.15) is 0 Å². The molecule has 1 aromatic heterocycles. The van der Waals surface area contributed by atoms with Crippen LogP contribution < -0.4 is 5.59 Å². The van der Waals surface area contributed by atoms with Crippen molar-refractivity contribution in [2.24, 2.45) is 0 Å². The van der Waals surface area contributed by atoms with E-state index in [1.54, 1.807) is 24.2 Å². The minimum absolute atomic E-state index is 0.339. The fourth-order valence-electron chi connectivity index (χ4n) is 1.54. The summed E-state index contributed by atoms with van der Waals surface area (Å²) in [6.07, 6.45) is 5.40. The molecule has 4 nitrogen and oxygen atoms in total. The van der Waals surface area contributed by atoms with Gasteiger partial charge in [0.15, 0.2) is 0 Å². The molecule has 0 spiro atoms. The standard InChI is InChI=1S/C11H17BN2O2S/c1-10(2)11(3,4)16-12(15-10)8-6-13-7-9(14-8)17-5/h6-7H,1-5H3. The highest BCUT2D eigenvalue weighted by Gasteiger charge is 2.52. The molecular formula is C11H17BN2O2S. The minimum atomic E-state index is -0.431. The first-order valence-electron chi connectivity index (χ1n) is 5.57. The molecule has 2 heterocycles. The van der Waals surface area contributed by atoms with E-state index < -0.39 is 7.12 Å². The zero-order chi connectivity index (χ0) is 12.7. The van der Waals surface area contributed by atoms with Gasteiger partial charge in [0, 0.05) is 6.20 Å². The predicted octanol–water partition coefficient (Wildman–Crippen LogP) is 1.50. The maximum Gasteiger partial charge on any atom is 0.516 e. The van der Waals surface area contributed by atoms with E-state index in [1.807, 2.05) is 34.0 Å². The van der Waals surface area contributed by atoms with E-state index in [1.165, 1.54) is 0 Å². The third-order valence-corrected chi connectivity index (χ3v) is 3.95. The lowest BCUT2D eigenvalue weighted by Crippen LogP contribution is -2.41. The molecule has 1 fully saturated rings. The highest BCUT2D eigenvalue weighted by atomic mass is 32.2. The summed E-state index contributed by atoms with van der Waals surface area (Å²) in [6, 6.07) is 0. The fraction of sp³-hybridized carbons (Fsp3) is 0.636. The molecule has 6 heteroatoms. The number of hydrogen-bond donors (Lipinski definition) is 0. The number of nitrogens with zero attached hydrogens (tertiary/aromatic N) is 2. The highest BCUT2D eigenvalue weighted by Crippen LogP contribution is 2.36. The van der Waals surface area contributed by atoms with Crippen molar-refractivity contribution in [3.8, 4) is 0 Å². The van der Waals surface area contributed by atoms with Crippen LogP contribution in [0.1, 0.15) is 27.7 Å². The van der Waals surface area contributed by atoms with E-state index in [2.05, 4.69) is 9.97 Å². The van der Waals surface area contributed by atoms with Crippen molar-refractivity contribution >= 4 is 24.5 Å². The second-order valence-corrected chi connectivity index (χ2v) is 5.90. The van der Waals surface area contributed by atoms with Crippen LogP contribution in [-0.4, -0.2) is 34.5 Å². The average molecular weight is 252 g/mol. The molecule has 2 rings (SSSR count). The number of thioether (sulfide) groups is 1. The maximum absolute atomic E-state index is 5.92. The molecule has 0 N–H and O–H groups in total. The van der Waals surface area contributed by atoms with Crippen molar-refractivity contribution in [2.45, 2.75) is 43.9 Å². The number of aromatic nitrogens is 2. The van der Waals surface area contributed by atoms with Crippen LogP contribution in [0, 0.1) is 0 Å². The van der Waals surface area contributed by atoms with Crippen LogP contribution in [-0.2, 0) is 9.31 Å². The summed E-state index contributed by atoms with van der Waals surface area (Å²) >= 11 is 1.56. The van der Waals surface area contributed by atoms with Crippen LogP contribution in [0.25, 0.3) is 0 Å². The molecule has 0 amide bonds. The summed E-state index contributed by atoms with van der Waals surface area (Å²) in [5.41, 5.74) is 0.0548. The average Bonchev–Trinajstić information content (AvgIpc) is 2.48. The Labute approximate surface area is 107 Å². The SMILES string of the molecule is CSc1cncc(B2OC(C)(C)C(C)(C)O2)n1. The monoisotopic (exact) mass is 252 g/mol. The Morgan fingerprint density at radius 1 is 1.12 bits per heavy atom. The van der Waals surface area contributed by atoms with Crippen LogP contribution in [0.4, 0.5) is 0 Å². The van der Waals surface area contributed by atoms with Gasteiger partial charge in [-0.05, 0) is 34.0 Å². The Morgan fingerprint density at radius 2 is 1.71 bits per heavy atom. The van der Waals surface area contributed by atoms with Gasteiger partial charge in [0.25, 0.3) is 0 Å². The largest absolute Gasteiger partial charge is 0.516 e. The normalized spacial score (nSPS) is 21.8. The topological polar surface area (TPSA) is 44.2 Å². The molecule has 1 aromatic rings. The lowest BCUT2D eigenvalue weighted by molar-refractivity contribution is 0.00578. The zero-order valence-corrected chi connectivity index (χ0v) is 11.7. The first-order chi connectivity index (χ1) is 7.86. The molecule has 92 valence electrons. The van der Waals surface area contributed by atoms with Crippen LogP contribution in [0.3, 0.4) is 0 Å². The molecule has 0 saturated carbocycles. The predicted molar refractivity (Wildman–Crippen MR) is 69.5 cm³/mol. The van der Waals surface area contributed by atoms with E-state index in [9.17, 15) is 0 Å². The van der Waals surface area contributed by atoms with Crippen LogP contribution in [0.2, 0.25) is 0 Å². The van der Waals surface area contributed by atoms with Crippen molar-refractivity contribution < 1.29 is 9.31 Å². The van der Waals surface area contributed by atoms with Crippen molar-refractivity contribution in [1.82, 2.24) is 9.97 Å². The van der Waals surface area contributed by atoms with Gasteiger partial charge in [-0.15, -0.1) is 11.8 Å². The van der Waals surface area contributed by atoms with Gasteiger partial charge in [0.05, 0.1) is 23.0 Å². The lowest BCUT2D eigenvalue weighted by Gasteiger charge is -2.32. The molecule has 1 saturated heterocycles. The molecule has 0 atom stereocenters. The van der Waals surface area contributed by atoms with Gasteiger partial charge in [0.1, 0.15) is 5.03 Å². The van der Waals surface area contributed by atoms with Gasteiger partial charge in [-0.1, -0.05) is 0 Å². The Morgan fingerprint density at radius 3 is 2.24 bits per heavy atom. The van der Waals surface area contributed by atoms with Gasteiger partial charge in [-0.25, -0.2) is 4.98 Å². The molecule has 0 unspecified atom stereocenters. The van der Waals surface area contributed by atoms with Gasteiger partial charge in [0.2, 0.25) is 0 Å². The first-order valence-corrected chi connectivity index (χ1v) is 6.80. The molecular weight excluding hydrogens is 235 g/mol. The molecule has 0 aromatic carbocycles. The third kappa shape index (κ3) is 2.34. The summed E-state index contributed by atoms with van der Waals surface area (Å²) in [5, 5.41) is 0.872. The second kappa shape index (κ2) is 4.26. The van der Waals surface area contributed by atoms with Crippen LogP contribution in [0.5, 0.6) is 0 Å². The smallest absolute Gasteiger partial charge is 0.398 e. The van der Waals surface area contributed by atoms with Gasteiger partial charge in [-0.3, -0.25) is 4.98 Å². The number of rotatable bonds is 2. The van der Waals surface area contributed by atoms with Crippen LogP contribution >= 0.6 is 11.8 Å². The molecule has 17 heavy (non-hydrogen) atoms. The molecule has 1 aliphatic rings. The van der Waals surface area contributed by atoms with E-state index in [-0.39, 0.29) is 11.2 Å². The lowest BCUT2D eigenvalue weighted by atomic mass is 9.85. The molecule has 0 radical (unpaired) electrons. The number of hydrogen-bond acceptors (Lipinski definition) is 5. The summed E-state index contributed by atoms with van der Waals surface area (Å²) in [7, 11) is -0.431. The Kier molecular flexibility index (Phi) is 3.22. The zero-order valence-electron chi connectivity index (χ0n) is 10.9. The molecule has 1 aliphatic heterocycles. The maximum atomic E-state index is 5.92. The van der Waals surface area contributed by atoms with Gasteiger partial charge < -0.3 is 9.31 Å². The molecule has 0 aliphatic carbocycles. The molecule has 0 bridgehead atoms. The third-order valence-electron chi connectivity index (χ3n) is 3.33. The van der Waals surface area contributed by atoms with Crippen LogP contribution in [0.15, 0.2) is 17.4 Å². The van der Waals surface area contributed by atoms with Crippen molar-refractivity contribution in [2.75, 3.05) is 6.26 Å². The fourth-order valence-corrected chi connectivity index (χ4v) is 1.90. The summed E-state index contributed by atoms with van der Waals surface area (Å²) in [5.74, 6) is 0. The van der Waals surface area contributed by atoms with E-state index in [0.717, 1.165) is 10.6 Å². The van der Waals surface area contributed by atoms with E-state index in [0.29, 0.717) is 0 Å². The highest BCUT2D eigenvalue weighted by molar-refractivity contribution is 7.98. The van der Waals surface area contributed by atoms with E-state index >= 15 is 0 Å². The summed E-state index contributed by atoms with van der Waals surface area (Å²) in [6.45, 7) is 8.11. The summed E-state index contributed by atoms with van der Waals surface area (Å²) in [4.78, 5) is 8.61. The quantitative estimate of drug-likeness (QED) is 0.589. The van der Waals surface area contributed by atoms with E-state index in [4.69, 9.17) is 9.31 Å². The Hall–Kier alpha value is -0.585. The van der Waals surface area contributed by atoms with Crippen molar-refractivity contribution in [3.63, 3.8) is 0 Å². The minimum Gasteiger partial charge on any atom is -0.398 e. The van der Waals surface area contributed by atoms with Crippen molar-refractivity contribution in [1.29, 1.82) is 0 Å². The first kappa shape index (κ1) is 12.9. The Bertz CT molecular complexity index is 410.